The van der Waals surface area contributed by atoms with Crippen molar-refractivity contribution in [2.45, 2.75) is 69.7 Å². The second-order valence-electron chi connectivity index (χ2n) is 9.17. The molecule has 0 aliphatic carbocycles. The van der Waals surface area contributed by atoms with Crippen LogP contribution in [0.1, 0.15) is 57.9 Å². The Balaban J connectivity index is 1.52. The number of sulfonamides is 1. The summed E-state index contributed by atoms with van der Waals surface area (Å²) in [5, 5.41) is 0. The van der Waals surface area contributed by atoms with Crippen molar-refractivity contribution in [3.63, 3.8) is 0 Å². The zero-order valence-corrected chi connectivity index (χ0v) is 19.4. The molecule has 2 amide bonds. The predicted molar refractivity (Wildman–Crippen MR) is 119 cm³/mol. The monoisotopic (exact) mass is 447 g/mol. The van der Waals surface area contributed by atoms with E-state index in [4.69, 9.17) is 0 Å². The van der Waals surface area contributed by atoms with Crippen molar-refractivity contribution in [1.29, 1.82) is 0 Å². The van der Waals surface area contributed by atoms with E-state index in [1.807, 2.05) is 11.8 Å². The molecular weight excluding hydrogens is 414 g/mol. The number of likely N-dealkylation sites (tertiary alicyclic amines) is 1. The molecule has 0 radical (unpaired) electrons. The number of fused-ring (bicyclic) bond motifs is 1. The van der Waals surface area contributed by atoms with Crippen LogP contribution in [0.25, 0.3) is 0 Å². The number of carbonyl (C=O) groups is 2. The van der Waals surface area contributed by atoms with Crippen molar-refractivity contribution in [3.05, 3.63) is 23.8 Å². The van der Waals surface area contributed by atoms with E-state index in [2.05, 4.69) is 0 Å². The minimum absolute atomic E-state index is 0.0241. The van der Waals surface area contributed by atoms with E-state index in [9.17, 15) is 18.0 Å². The summed E-state index contributed by atoms with van der Waals surface area (Å²) in [6.45, 7) is 5.78. The number of hydrogen-bond acceptors (Lipinski definition) is 4. The first-order chi connectivity index (χ1) is 14.8. The van der Waals surface area contributed by atoms with Crippen LogP contribution in [0.3, 0.4) is 0 Å². The Hall–Kier alpha value is -1.93. The van der Waals surface area contributed by atoms with Crippen LogP contribution in [0, 0.1) is 5.92 Å². The van der Waals surface area contributed by atoms with Gasteiger partial charge in [-0.05, 0) is 62.8 Å². The van der Waals surface area contributed by atoms with Crippen LogP contribution in [-0.2, 0) is 26.0 Å². The molecule has 3 heterocycles. The number of piperidine rings is 1. The maximum Gasteiger partial charge on any atom is 0.243 e. The minimum Gasteiger partial charge on any atom is -0.342 e. The first kappa shape index (κ1) is 22.3. The predicted octanol–water partition coefficient (Wildman–Crippen LogP) is 2.79. The Bertz CT molecular complexity index is 954. The number of amides is 2. The number of carbonyl (C=O) groups excluding carboxylic acids is 2. The SMILES string of the molecule is CC(=O)N1c2ccc(S(=O)(=O)N3CCCC(C(=O)N4CCCCCC4)C3)cc2CC1C. The van der Waals surface area contributed by atoms with Gasteiger partial charge in [-0.1, -0.05) is 12.8 Å². The molecule has 0 spiro atoms. The number of hydrogen-bond donors (Lipinski definition) is 0. The van der Waals surface area contributed by atoms with Gasteiger partial charge in [-0.2, -0.15) is 4.31 Å². The highest BCUT2D eigenvalue weighted by Gasteiger charge is 2.36. The zero-order chi connectivity index (χ0) is 22.2. The van der Waals surface area contributed by atoms with Gasteiger partial charge in [0.15, 0.2) is 0 Å². The summed E-state index contributed by atoms with van der Waals surface area (Å²) in [4.78, 5) is 29.0. The fourth-order valence-corrected chi connectivity index (χ4v) is 6.88. The first-order valence-corrected chi connectivity index (χ1v) is 12.9. The normalized spacial score (nSPS) is 25.2. The van der Waals surface area contributed by atoms with E-state index in [0.29, 0.717) is 19.4 Å². The van der Waals surface area contributed by atoms with Gasteiger partial charge >= 0.3 is 0 Å². The lowest BCUT2D eigenvalue weighted by Gasteiger charge is -2.34. The summed E-state index contributed by atoms with van der Waals surface area (Å²) >= 11 is 0. The summed E-state index contributed by atoms with van der Waals surface area (Å²) in [7, 11) is -3.68. The Morgan fingerprint density at radius 2 is 1.71 bits per heavy atom. The number of rotatable bonds is 3. The molecule has 3 aliphatic heterocycles. The molecule has 4 rings (SSSR count). The second kappa shape index (κ2) is 8.90. The van der Waals surface area contributed by atoms with Crippen molar-refractivity contribution in [2.24, 2.45) is 5.92 Å². The molecule has 3 aliphatic rings. The lowest BCUT2D eigenvalue weighted by molar-refractivity contribution is -0.136. The standard InChI is InChI=1S/C23H33N3O4S/c1-17-14-20-15-21(9-10-22(20)26(17)18(2)27)31(29,30)25-13-7-8-19(16-25)23(28)24-11-5-3-4-6-12-24/h9-10,15,17,19H,3-8,11-14,16H2,1-2H3. The number of nitrogens with zero attached hydrogens (tertiary/aromatic N) is 3. The molecule has 8 heteroatoms. The lowest BCUT2D eigenvalue weighted by Crippen LogP contribution is -2.47. The van der Waals surface area contributed by atoms with Gasteiger partial charge in [0, 0.05) is 44.8 Å². The third-order valence-corrected chi connectivity index (χ3v) is 8.76. The Morgan fingerprint density at radius 1 is 1.00 bits per heavy atom. The molecular formula is C23H33N3O4S. The fraction of sp³-hybridized carbons (Fsp3) is 0.652. The average Bonchev–Trinajstić information content (AvgIpc) is 2.90. The Labute approximate surface area is 185 Å². The van der Waals surface area contributed by atoms with Gasteiger partial charge in [-0.15, -0.1) is 0 Å². The highest BCUT2D eigenvalue weighted by Crippen LogP contribution is 2.35. The van der Waals surface area contributed by atoms with Gasteiger partial charge in [0.1, 0.15) is 0 Å². The minimum atomic E-state index is -3.68. The molecule has 0 aromatic heterocycles. The largest absolute Gasteiger partial charge is 0.342 e. The van der Waals surface area contributed by atoms with Crippen molar-refractivity contribution < 1.29 is 18.0 Å². The van der Waals surface area contributed by atoms with E-state index < -0.39 is 10.0 Å². The third-order valence-electron chi connectivity index (χ3n) is 6.89. The Kier molecular flexibility index (Phi) is 6.40. The van der Waals surface area contributed by atoms with Crippen LogP contribution in [0.4, 0.5) is 5.69 Å². The topological polar surface area (TPSA) is 78.0 Å². The van der Waals surface area contributed by atoms with Gasteiger partial charge in [0.25, 0.3) is 0 Å². The van der Waals surface area contributed by atoms with Crippen molar-refractivity contribution >= 4 is 27.5 Å². The summed E-state index contributed by atoms with van der Waals surface area (Å²) in [5.41, 5.74) is 1.68. The summed E-state index contributed by atoms with van der Waals surface area (Å²) in [6.07, 6.45) is 6.48. The molecule has 0 bridgehead atoms. The maximum absolute atomic E-state index is 13.4. The molecule has 31 heavy (non-hydrogen) atoms. The molecule has 0 saturated carbocycles. The van der Waals surface area contributed by atoms with Crippen LogP contribution in [0.5, 0.6) is 0 Å². The van der Waals surface area contributed by atoms with Crippen LogP contribution in [-0.4, -0.2) is 61.7 Å². The Morgan fingerprint density at radius 3 is 2.39 bits per heavy atom. The molecule has 1 aromatic rings. The van der Waals surface area contributed by atoms with E-state index in [1.165, 1.54) is 11.2 Å². The molecule has 1 aromatic carbocycles. The van der Waals surface area contributed by atoms with Crippen molar-refractivity contribution in [3.8, 4) is 0 Å². The molecule has 2 fully saturated rings. The molecule has 2 unspecified atom stereocenters. The van der Waals surface area contributed by atoms with E-state index >= 15 is 0 Å². The first-order valence-electron chi connectivity index (χ1n) is 11.5. The summed E-state index contributed by atoms with van der Waals surface area (Å²) in [6, 6.07) is 5.08. The van der Waals surface area contributed by atoms with Crippen LogP contribution in [0.15, 0.2) is 23.1 Å². The highest BCUT2D eigenvalue weighted by atomic mass is 32.2. The van der Waals surface area contributed by atoms with Gasteiger partial charge in [-0.3, -0.25) is 9.59 Å². The molecule has 170 valence electrons. The van der Waals surface area contributed by atoms with Gasteiger partial charge in [0.2, 0.25) is 21.8 Å². The maximum atomic E-state index is 13.4. The van der Waals surface area contributed by atoms with Crippen molar-refractivity contribution in [2.75, 3.05) is 31.1 Å². The van der Waals surface area contributed by atoms with E-state index in [-0.39, 0.29) is 35.2 Å². The van der Waals surface area contributed by atoms with Gasteiger partial charge in [-0.25, -0.2) is 8.42 Å². The van der Waals surface area contributed by atoms with Crippen LogP contribution < -0.4 is 4.90 Å². The van der Waals surface area contributed by atoms with Crippen molar-refractivity contribution in [1.82, 2.24) is 9.21 Å². The molecule has 7 nitrogen and oxygen atoms in total. The van der Waals surface area contributed by atoms with Gasteiger partial charge in [0.05, 0.1) is 10.8 Å². The van der Waals surface area contributed by atoms with E-state index in [0.717, 1.165) is 56.4 Å². The van der Waals surface area contributed by atoms with Gasteiger partial charge < -0.3 is 9.80 Å². The third kappa shape index (κ3) is 4.37. The smallest absolute Gasteiger partial charge is 0.243 e. The van der Waals surface area contributed by atoms with Crippen LogP contribution >= 0.6 is 0 Å². The summed E-state index contributed by atoms with van der Waals surface area (Å²) < 4.78 is 28.3. The average molecular weight is 448 g/mol. The quantitative estimate of drug-likeness (QED) is 0.714. The van der Waals surface area contributed by atoms with Crippen LogP contribution in [0.2, 0.25) is 0 Å². The molecule has 2 saturated heterocycles. The second-order valence-corrected chi connectivity index (χ2v) is 11.1. The highest BCUT2D eigenvalue weighted by molar-refractivity contribution is 7.89. The fourth-order valence-electron chi connectivity index (χ4n) is 5.31. The molecule has 0 N–H and O–H groups in total. The summed E-state index contributed by atoms with van der Waals surface area (Å²) in [5.74, 6) is -0.182. The zero-order valence-electron chi connectivity index (χ0n) is 18.5. The number of anilines is 1. The lowest BCUT2D eigenvalue weighted by atomic mass is 9.98. The van der Waals surface area contributed by atoms with E-state index in [1.54, 1.807) is 23.1 Å². The molecule has 2 atom stereocenters. The number of benzene rings is 1.